The van der Waals surface area contributed by atoms with Crippen LogP contribution in [0, 0.1) is 0 Å². The number of fused-ring (bicyclic) bond motifs is 3. The van der Waals surface area contributed by atoms with Gasteiger partial charge in [-0.25, -0.2) is 9.97 Å². The number of hydrogen-bond donors (Lipinski definition) is 3. The van der Waals surface area contributed by atoms with Gasteiger partial charge in [0.05, 0.1) is 17.1 Å². The molecular formula is C14H15N5O. The van der Waals surface area contributed by atoms with Gasteiger partial charge in [-0.3, -0.25) is 0 Å². The number of nitrogens with zero attached hydrogens (tertiary/aromatic N) is 2. The molecule has 0 spiro atoms. The average Bonchev–Trinajstić information content (AvgIpc) is 3.06. The number of ether oxygens (including phenoxy) is 1. The van der Waals surface area contributed by atoms with Crippen LogP contribution in [-0.4, -0.2) is 34.1 Å². The molecule has 1 aliphatic heterocycles. The minimum absolute atomic E-state index is 0.213. The molecule has 6 heteroatoms. The van der Waals surface area contributed by atoms with Gasteiger partial charge in [-0.1, -0.05) is 0 Å². The summed E-state index contributed by atoms with van der Waals surface area (Å²) >= 11 is 0. The Labute approximate surface area is 115 Å². The van der Waals surface area contributed by atoms with Crippen molar-refractivity contribution in [2.24, 2.45) is 0 Å². The lowest BCUT2D eigenvalue weighted by Crippen LogP contribution is -2.19. The SMILES string of the molecule is Nc1cc2c(cn1)[nH]c1nccc(O[C@@H]3CCNC3)c12. The molecule has 0 bridgehead atoms. The predicted octanol–water partition coefficient (Wildman–Crippen LogP) is 1.43. The summed E-state index contributed by atoms with van der Waals surface area (Å²) in [6, 6.07) is 3.76. The highest BCUT2D eigenvalue weighted by Gasteiger charge is 2.19. The highest BCUT2D eigenvalue weighted by Crippen LogP contribution is 2.33. The molecular weight excluding hydrogens is 254 g/mol. The normalized spacial score (nSPS) is 18.9. The lowest BCUT2D eigenvalue weighted by atomic mass is 10.2. The fraction of sp³-hybridized carbons (Fsp3) is 0.286. The van der Waals surface area contributed by atoms with Gasteiger partial charge >= 0.3 is 0 Å². The van der Waals surface area contributed by atoms with Gasteiger partial charge < -0.3 is 20.8 Å². The van der Waals surface area contributed by atoms with E-state index in [0.717, 1.165) is 47.2 Å². The zero-order valence-corrected chi connectivity index (χ0v) is 10.9. The quantitative estimate of drug-likeness (QED) is 0.655. The first-order valence-corrected chi connectivity index (χ1v) is 6.70. The molecule has 3 aromatic rings. The van der Waals surface area contributed by atoms with E-state index in [1.165, 1.54) is 0 Å². The van der Waals surface area contributed by atoms with Crippen molar-refractivity contribution < 1.29 is 4.74 Å². The average molecular weight is 269 g/mol. The maximum Gasteiger partial charge on any atom is 0.142 e. The van der Waals surface area contributed by atoms with E-state index in [1.54, 1.807) is 12.4 Å². The fourth-order valence-corrected chi connectivity index (χ4v) is 2.71. The van der Waals surface area contributed by atoms with Crippen molar-refractivity contribution in [3.05, 3.63) is 24.5 Å². The Kier molecular flexibility index (Phi) is 2.50. The molecule has 1 atom stereocenters. The van der Waals surface area contributed by atoms with Crippen LogP contribution in [0.5, 0.6) is 5.75 Å². The van der Waals surface area contributed by atoms with Crippen LogP contribution in [0.4, 0.5) is 5.82 Å². The number of nitrogens with two attached hydrogens (primary N) is 1. The van der Waals surface area contributed by atoms with Gasteiger partial charge in [-0.2, -0.15) is 0 Å². The van der Waals surface area contributed by atoms with Crippen molar-refractivity contribution in [1.82, 2.24) is 20.3 Å². The summed E-state index contributed by atoms with van der Waals surface area (Å²) in [5, 5.41) is 5.28. The van der Waals surface area contributed by atoms with Crippen LogP contribution < -0.4 is 15.8 Å². The fourth-order valence-electron chi connectivity index (χ4n) is 2.71. The first-order valence-electron chi connectivity index (χ1n) is 6.70. The van der Waals surface area contributed by atoms with E-state index < -0.39 is 0 Å². The van der Waals surface area contributed by atoms with Gasteiger partial charge in [0.2, 0.25) is 0 Å². The summed E-state index contributed by atoms with van der Waals surface area (Å²) in [5.41, 5.74) is 7.51. The molecule has 4 rings (SSSR count). The Morgan fingerprint density at radius 3 is 3.15 bits per heavy atom. The van der Waals surface area contributed by atoms with Crippen molar-refractivity contribution in [3.63, 3.8) is 0 Å². The van der Waals surface area contributed by atoms with Crippen molar-refractivity contribution >= 4 is 27.8 Å². The molecule has 1 fully saturated rings. The van der Waals surface area contributed by atoms with Crippen LogP contribution in [0.1, 0.15) is 6.42 Å². The third-order valence-electron chi connectivity index (χ3n) is 3.67. The van der Waals surface area contributed by atoms with E-state index in [9.17, 15) is 0 Å². The molecule has 1 aliphatic rings. The maximum absolute atomic E-state index is 6.11. The number of pyridine rings is 2. The highest BCUT2D eigenvalue weighted by molar-refractivity contribution is 6.09. The summed E-state index contributed by atoms with van der Waals surface area (Å²) in [6.45, 7) is 1.89. The Bertz CT molecular complexity index is 776. The smallest absolute Gasteiger partial charge is 0.142 e. The van der Waals surface area contributed by atoms with Crippen LogP contribution in [-0.2, 0) is 0 Å². The summed E-state index contributed by atoms with van der Waals surface area (Å²) < 4.78 is 6.11. The molecule has 4 N–H and O–H groups in total. The minimum Gasteiger partial charge on any atom is -0.488 e. The number of nitrogens with one attached hydrogen (secondary N) is 2. The number of nitrogen functional groups attached to an aromatic ring is 1. The Balaban J connectivity index is 1.90. The summed E-state index contributed by atoms with van der Waals surface area (Å²) in [6.07, 6.45) is 4.72. The zero-order chi connectivity index (χ0) is 13.5. The molecule has 102 valence electrons. The lowest BCUT2D eigenvalue weighted by Gasteiger charge is -2.13. The van der Waals surface area contributed by atoms with Gasteiger partial charge in [0.15, 0.2) is 0 Å². The van der Waals surface area contributed by atoms with Crippen LogP contribution >= 0.6 is 0 Å². The second kappa shape index (κ2) is 4.35. The third-order valence-corrected chi connectivity index (χ3v) is 3.67. The Hall–Kier alpha value is -2.34. The molecule has 0 unspecified atom stereocenters. The number of hydrogen-bond acceptors (Lipinski definition) is 5. The van der Waals surface area contributed by atoms with Crippen LogP contribution in [0.2, 0.25) is 0 Å². The first kappa shape index (κ1) is 11.5. The second-order valence-corrected chi connectivity index (χ2v) is 5.05. The van der Waals surface area contributed by atoms with E-state index in [4.69, 9.17) is 10.5 Å². The summed E-state index contributed by atoms with van der Waals surface area (Å²) in [5.74, 6) is 1.34. The standard InChI is InChI=1S/C14H15N5O/c15-12-5-9-10(7-18-12)19-14-13(9)11(2-4-17-14)20-8-1-3-16-6-8/h2,4-5,7-8,16H,1,3,6H2,(H2,15,18)(H,17,19)/t8-/m1/s1. The number of aromatic nitrogens is 3. The van der Waals surface area contributed by atoms with Gasteiger partial charge in [0.25, 0.3) is 0 Å². The Morgan fingerprint density at radius 1 is 1.35 bits per heavy atom. The van der Waals surface area contributed by atoms with Crippen LogP contribution in [0.15, 0.2) is 24.5 Å². The topological polar surface area (TPSA) is 88.9 Å². The van der Waals surface area contributed by atoms with Gasteiger partial charge in [-0.15, -0.1) is 0 Å². The van der Waals surface area contributed by atoms with Gasteiger partial charge in [0.1, 0.15) is 23.3 Å². The molecule has 0 aromatic carbocycles. The number of H-pyrrole nitrogens is 1. The predicted molar refractivity (Wildman–Crippen MR) is 77.7 cm³/mol. The number of aromatic amines is 1. The molecule has 0 aliphatic carbocycles. The molecule has 4 heterocycles. The monoisotopic (exact) mass is 269 g/mol. The molecule has 0 amide bonds. The van der Waals surface area contributed by atoms with Crippen molar-refractivity contribution in [3.8, 4) is 5.75 Å². The van der Waals surface area contributed by atoms with Crippen molar-refractivity contribution in [2.75, 3.05) is 18.8 Å². The van der Waals surface area contributed by atoms with Crippen molar-refractivity contribution in [1.29, 1.82) is 0 Å². The first-order chi connectivity index (χ1) is 9.81. The van der Waals surface area contributed by atoms with E-state index in [2.05, 4.69) is 20.3 Å². The van der Waals surface area contributed by atoms with E-state index in [-0.39, 0.29) is 6.10 Å². The second-order valence-electron chi connectivity index (χ2n) is 5.05. The molecule has 1 saturated heterocycles. The van der Waals surface area contributed by atoms with E-state index >= 15 is 0 Å². The summed E-state index contributed by atoms with van der Waals surface area (Å²) in [7, 11) is 0. The van der Waals surface area contributed by atoms with Crippen molar-refractivity contribution in [2.45, 2.75) is 12.5 Å². The van der Waals surface area contributed by atoms with E-state index in [0.29, 0.717) is 5.82 Å². The number of anilines is 1. The number of rotatable bonds is 2. The molecule has 0 radical (unpaired) electrons. The largest absolute Gasteiger partial charge is 0.488 e. The minimum atomic E-state index is 0.213. The molecule has 3 aromatic heterocycles. The van der Waals surface area contributed by atoms with Gasteiger partial charge in [0, 0.05) is 18.1 Å². The lowest BCUT2D eigenvalue weighted by molar-refractivity contribution is 0.226. The van der Waals surface area contributed by atoms with Crippen LogP contribution in [0.25, 0.3) is 21.9 Å². The zero-order valence-electron chi connectivity index (χ0n) is 10.9. The molecule has 20 heavy (non-hydrogen) atoms. The third kappa shape index (κ3) is 1.77. The Morgan fingerprint density at radius 2 is 2.30 bits per heavy atom. The van der Waals surface area contributed by atoms with Gasteiger partial charge in [-0.05, 0) is 25.1 Å². The van der Waals surface area contributed by atoms with E-state index in [1.807, 2.05) is 12.1 Å². The molecule has 6 nitrogen and oxygen atoms in total. The highest BCUT2D eigenvalue weighted by atomic mass is 16.5. The molecule has 0 saturated carbocycles. The van der Waals surface area contributed by atoms with Crippen LogP contribution in [0.3, 0.4) is 0 Å². The summed E-state index contributed by atoms with van der Waals surface area (Å²) in [4.78, 5) is 11.7. The maximum atomic E-state index is 6.11.